The normalized spacial score (nSPS) is 49.8. The summed E-state index contributed by atoms with van der Waals surface area (Å²) in [5, 5.41) is 83.9. The maximum Gasteiger partial charge on any atom is 0.310 e. The number of aromatic nitrogens is 2. The zero-order valence-corrected chi connectivity index (χ0v) is 41.0. The van der Waals surface area contributed by atoms with Crippen molar-refractivity contribution >= 4 is 11.9 Å². The van der Waals surface area contributed by atoms with Gasteiger partial charge in [0, 0.05) is 35.9 Å². The SMILES string of the molecule is CC1(CO)CCC2(C(=O)O)CCC34CCCC5(CC=C3C2C1)C1(C)C(CC2C(C(CCCN)c3cnc[nH]3)NC(=O)C23CCCC3)C(O)C(OC2OCC(O)C(O)C2O)C(C)(CO)C1CCC45C. The van der Waals surface area contributed by atoms with Crippen LogP contribution in [-0.2, 0) is 19.1 Å². The fourth-order valence-electron chi connectivity index (χ4n) is 19.3. The largest absolute Gasteiger partial charge is 0.481 e. The van der Waals surface area contributed by atoms with E-state index in [-0.39, 0.29) is 71.7 Å². The number of hydrogen-bond donors (Lipinski definition) is 10. The lowest BCUT2D eigenvalue weighted by Crippen LogP contribution is -2.77. The number of hydrogen-bond acceptors (Lipinski definition) is 12. The average molecular weight is 951 g/mol. The van der Waals surface area contributed by atoms with Crippen molar-refractivity contribution in [1.82, 2.24) is 15.3 Å². The van der Waals surface area contributed by atoms with E-state index in [0.717, 1.165) is 76.3 Å². The van der Waals surface area contributed by atoms with Crippen molar-refractivity contribution in [3.8, 4) is 0 Å². The van der Waals surface area contributed by atoms with Crippen LogP contribution >= 0.6 is 0 Å². The van der Waals surface area contributed by atoms with E-state index in [4.69, 9.17) is 15.2 Å². The highest BCUT2D eigenvalue weighted by Gasteiger charge is 2.80. The summed E-state index contributed by atoms with van der Waals surface area (Å²) in [6.45, 7) is 8.92. The number of fused-ring (bicyclic) bond motifs is 3. The molecule has 0 radical (unpaired) electrons. The highest BCUT2D eigenvalue weighted by atomic mass is 16.7. The van der Waals surface area contributed by atoms with Gasteiger partial charge in [0.2, 0.25) is 5.91 Å². The number of carbonyl (C=O) groups excluding carboxylic acids is 1. The van der Waals surface area contributed by atoms with Crippen LogP contribution in [0.15, 0.2) is 24.2 Å². The van der Waals surface area contributed by atoms with Crippen molar-refractivity contribution in [2.75, 3.05) is 26.4 Å². The topological polar surface area (TPSA) is 261 Å². The third kappa shape index (κ3) is 6.43. The van der Waals surface area contributed by atoms with Crippen LogP contribution in [0.4, 0.5) is 0 Å². The minimum atomic E-state index is -1.61. The van der Waals surface area contributed by atoms with Crippen molar-refractivity contribution < 1.29 is 54.8 Å². The number of nitrogens with one attached hydrogen (secondary N) is 2. The Labute approximate surface area is 401 Å². The number of amides is 1. The smallest absolute Gasteiger partial charge is 0.310 e. The molecule has 15 nitrogen and oxygen atoms in total. The second kappa shape index (κ2) is 17.1. The van der Waals surface area contributed by atoms with E-state index in [0.29, 0.717) is 51.5 Å². The number of aromatic amines is 1. The highest BCUT2D eigenvalue weighted by Crippen LogP contribution is 2.85. The first-order chi connectivity index (χ1) is 32.3. The third-order valence-electron chi connectivity index (χ3n) is 22.9. The molecule has 9 aliphatic rings. The van der Waals surface area contributed by atoms with E-state index in [1.54, 1.807) is 6.33 Å². The van der Waals surface area contributed by atoms with Gasteiger partial charge in [-0.25, -0.2) is 4.98 Å². The molecule has 8 fully saturated rings. The molecule has 2 bridgehead atoms. The summed E-state index contributed by atoms with van der Waals surface area (Å²) in [5.41, 5.74) is 3.68. The van der Waals surface area contributed by atoms with E-state index in [1.165, 1.54) is 5.57 Å². The number of nitrogens with zero attached hydrogens (tertiary/aromatic N) is 1. The first kappa shape index (κ1) is 49.1. The molecular weight excluding hydrogens is 869 g/mol. The number of ether oxygens (including phenoxy) is 2. The standard InChI is InChI=1S/C53H82N4O11/c1-46(27-58)18-19-51(45(65)66)20-21-52-14-8-15-53(17-10-31(52)34(51)24-46)48(52,3)16-11-37-47(2,28-59)42(68-43-41(63)40(62)36(60)26-67-43)39(61)33(49(37,53)4)23-32-38(57-44(64)50(32)12-5-6-13-50)30(9-7-22-54)35-25-55-29-56-35/h10,25,29-30,32-34,36-43,58-63H,5-9,11-24,26-28,54H2,1-4H3,(H,55,56)(H,57,64)(H,65,66). The number of aliphatic hydroxyl groups excluding tert-OH is 6. The molecule has 11 N–H and O–H groups in total. The van der Waals surface area contributed by atoms with Crippen molar-refractivity contribution in [2.45, 2.75) is 192 Å². The average Bonchev–Trinajstić information content (AvgIpc) is 4.09. The van der Waals surface area contributed by atoms with Gasteiger partial charge in [0.15, 0.2) is 6.29 Å². The summed E-state index contributed by atoms with van der Waals surface area (Å²) in [4.78, 5) is 36.3. The number of carboxylic acid groups (broad SMARTS) is 1. The molecule has 2 aliphatic heterocycles. The summed E-state index contributed by atoms with van der Waals surface area (Å²) in [7, 11) is 0. The van der Waals surface area contributed by atoms with Crippen molar-refractivity contribution in [1.29, 1.82) is 0 Å². The second-order valence-electron chi connectivity index (χ2n) is 25.1. The fourth-order valence-corrected chi connectivity index (χ4v) is 19.3. The molecular formula is C53H82N4O11. The molecule has 6 saturated carbocycles. The van der Waals surface area contributed by atoms with Gasteiger partial charge >= 0.3 is 5.97 Å². The Bertz CT molecular complexity index is 2100. The van der Waals surface area contributed by atoms with Gasteiger partial charge in [-0.05, 0) is 154 Å². The van der Waals surface area contributed by atoms with Crippen molar-refractivity contribution in [3.63, 3.8) is 0 Å². The van der Waals surface area contributed by atoms with Crippen LogP contribution in [0.2, 0.25) is 0 Å². The number of imidazole rings is 1. The Morgan fingerprint density at radius 1 is 0.926 bits per heavy atom. The number of carbonyl (C=O) groups is 2. The Morgan fingerprint density at radius 2 is 1.68 bits per heavy atom. The lowest BCUT2D eigenvalue weighted by Gasteiger charge is -2.80. The Hall–Kier alpha value is -2.47. The molecule has 0 aromatic carbocycles. The van der Waals surface area contributed by atoms with Crippen LogP contribution in [0.5, 0.6) is 0 Å². The summed E-state index contributed by atoms with van der Waals surface area (Å²) < 4.78 is 12.7. The Balaban J connectivity index is 1.15. The maximum atomic E-state index is 14.9. The van der Waals surface area contributed by atoms with Crippen LogP contribution in [-0.4, -0.2) is 127 Å². The quantitative estimate of drug-likeness (QED) is 0.101. The van der Waals surface area contributed by atoms with Gasteiger partial charge in [-0.1, -0.05) is 58.6 Å². The highest BCUT2D eigenvalue weighted by molar-refractivity contribution is 5.86. The van der Waals surface area contributed by atoms with Crippen molar-refractivity contribution in [2.24, 2.45) is 72.7 Å². The van der Waals surface area contributed by atoms with Crippen molar-refractivity contribution in [3.05, 3.63) is 29.9 Å². The van der Waals surface area contributed by atoms with Crippen LogP contribution in [0.25, 0.3) is 0 Å². The molecule has 2 saturated heterocycles. The number of allylic oxidation sites excluding steroid dienone is 2. The molecule has 380 valence electrons. The molecule has 68 heavy (non-hydrogen) atoms. The lowest BCUT2D eigenvalue weighted by atomic mass is 9.24. The molecule has 1 aromatic heterocycles. The molecule has 15 heteroatoms. The molecule has 1 amide bonds. The first-order valence-electron chi connectivity index (χ1n) is 26.5. The van der Waals surface area contributed by atoms with Crippen LogP contribution < -0.4 is 11.1 Å². The number of aliphatic hydroxyl groups is 6. The van der Waals surface area contributed by atoms with E-state index in [1.807, 2.05) is 13.1 Å². The minimum absolute atomic E-state index is 0.0138. The van der Waals surface area contributed by atoms with Crippen LogP contribution in [0.1, 0.15) is 155 Å². The number of H-pyrrole nitrogens is 1. The molecule has 1 aromatic rings. The number of aliphatic carboxylic acids is 1. The third-order valence-corrected chi connectivity index (χ3v) is 22.9. The van der Waals surface area contributed by atoms with Gasteiger partial charge in [0.1, 0.15) is 18.3 Å². The predicted molar refractivity (Wildman–Crippen MR) is 250 cm³/mol. The maximum absolute atomic E-state index is 14.9. The van der Waals surface area contributed by atoms with E-state index >= 15 is 0 Å². The molecule has 2 spiro atoms. The zero-order valence-electron chi connectivity index (χ0n) is 41.0. The van der Waals surface area contributed by atoms with Gasteiger partial charge in [-0.2, -0.15) is 0 Å². The number of rotatable bonds is 12. The van der Waals surface area contributed by atoms with E-state index in [9.17, 15) is 45.3 Å². The molecule has 10 rings (SSSR count). The van der Waals surface area contributed by atoms with Gasteiger partial charge in [-0.3, -0.25) is 9.59 Å². The lowest BCUT2D eigenvalue weighted by molar-refractivity contribution is -0.359. The summed E-state index contributed by atoms with van der Waals surface area (Å²) in [5.74, 6) is -1.88. The van der Waals surface area contributed by atoms with Crippen LogP contribution in [0, 0.1) is 67.0 Å². The molecule has 19 unspecified atom stereocenters. The zero-order chi connectivity index (χ0) is 48.5. The van der Waals surface area contributed by atoms with Gasteiger partial charge in [-0.15, -0.1) is 0 Å². The van der Waals surface area contributed by atoms with E-state index < -0.39 is 75.8 Å². The fraction of sp³-hybridized carbons (Fsp3) is 0.868. The van der Waals surface area contributed by atoms with E-state index in [2.05, 4.69) is 42.1 Å². The number of carboxylic acids is 1. The van der Waals surface area contributed by atoms with Gasteiger partial charge in [0.25, 0.3) is 0 Å². The first-order valence-corrected chi connectivity index (χ1v) is 26.5. The molecule has 7 aliphatic carbocycles. The summed E-state index contributed by atoms with van der Waals surface area (Å²) >= 11 is 0. The summed E-state index contributed by atoms with van der Waals surface area (Å²) in [6, 6.07) is -0.287. The Morgan fingerprint density at radius 3 is 2.35 bits per heavy atom. The predicted octanol–water partition coefficient (Wildman–Crippen LogP) is 4.68. The van der Waals surface area contributed by atoms with Gasteiger partial charge < -0.3 is 61.3 Å². The molecule has 19 atom stereocenters. The van der Waals surface area contributed by atoms with Gasteiger partial charge in [0.05, 0.1) is 42.6 Å². The number of nitrogens with two attached hydrogens (primary N) is 1. The van der Waals surface area contributed by atoms with Crippen LogP contribution in [0.3, 0.4) is 0 Å². The molecule has 3 heterocycles. The minimum Gasteiger partial charge on any atom is -0.481 e. The second-order valence-corrected chi connectivity index (χ2v) is 25.1. The Kier molecular flexibility index (Phi) is 12.3. The summed E-state index contributed by atoms with van der Waals surface area (Å²) in [6.07, 6.45) is 11.3. The monoisotopic (exact) mass is 951 g/mol.